The van der Waals surface area contributed by atoms with E-state index in [0.717, 1.165) is 37.1 Å². The van der Waals surface area contributed by atoms with Gasteiger partial charge in [-0.25, -0.2) is 0 Å². The molecule has 22 heavy (non-hydrogen) atoms. The van der Waals surface area contributed by atoms with E-state index in [4.69, 9.17) is 4.74 Å². The lowest BCUT2D eigenvalue weighted by atomic mass is 10.0. The van der Waals surface area contributed by atoms with E-state index in [9.17, 15) is 4.79 Å². The van der Waals surface area contributed by atoms with Gasteiger partial charge in [-0.3, -0.25) is 4.79 Å². The van der Waals surface area contributed by atoms with Gasteiger partial charge in [-0.05, 0) is 51.2 Å². The van der Waals surface area contributed by atoms with E-state index in [-0.39, 0.29) is 18.0 Å². The van der Waals surface area contributed by atoms with E-state index in [2.05, 4.69) is 21.6 Å². The number of piperidine rings is 1. The highest BCUT2D eigenvalue weighted by molar-refractivity contribution is 5.81. The molecule has 2 unspecified atom stereocenters. The Bertz CT molecular complexity index is 485. The van der Waals surface area contributed by atoms with Crippen molar-refractivity contribution in [3.63, 3.8) is 0 Å². The number of carbonyl (C=O) groups is 1. The van der Waals surface area contributed by atoms with Crippen LogP contribution in [0.25, 0.3) is 0 Å². The Hall–Kier alpha value is -1.59. The van der Waals surface area contributed by atoms with Crippen molar-refractivity contribution in [2.45, 2.75) is 31.3 Å². The van der Waals surface area contributed by atoms with Crippen molar-refractivity contribution in [2.24, 2.45) is 0 Å². The predicted molar refractivity (Wildman–Crippen MR) is 88.1 cm³/mol. The first kappa shape index (κ1) is 16.8. The third-order valence-corrected chi connectivity index (χ3v) is 4.20. The summed E-state index contributed by atoms with van der Waals surface area (Å²) in [6, 6.07) is 8.09. The monoisotopic (exact) mass is 305 g/mol. The molecule has 1 heterocycles. The molecule has 2 atom stereocenters. The average Bonchev–Trinajstić information content (AvgIpc) is 2.55. The van der Waals surface area contributed by atoms with Crippen LogP contribution in [0.5, 0.6) is 5.75 Å². The van der Waals surface area contributed by atoms with Gasteiger partial charge in [-0.1, -0.05) is 18.6 Å². The Morgan fingerprint density at radius 1 is 1.45 bits per heavy atom. The summed E-state index contributed by atoms with van der Waals surface area (Å²) < 4.78 is 5.29. The Balaban J connectivity index is 1.97. The molecular weight excluding hydrogens is 278 g/mol. The smallest absolute Gasteiger partial charge is 0.237 e. The van der Waals surface area contributed by atoms with E-state index < -0.39 is 0 Å². The van der Waals surface area contributed by atoms with Crippen molar-refractivity contribution < 1.29 is 9.53 Å². The van der Waals surface area contributed by atoms with Crippen LogP contribution in [0.15, 0.2) is 24.3 Å². The number of hydrogen-bond donors (Lipinski definition) is 2. The summed E-state index contributed by atoms with van der Waals surface area (Å²) in [5.41, 5.74) is 1.14. The van der Waals surface area contributed by atoms with E-state index in [1.54, 1.807) is 7.11 Å². The number of hydrogen-bond acceptors (Lipinski definition) is 4. The SMILES string of the molecule is COc1cccc(C(CNC(=O)C2CCCCN2)N(C)C)c1. The molecular formula is C17H27N3O2. The van der Waals surface area contributed by atoms with Gasteiger partial charge in [0.1, 0.15) is 5.75 Å². The molecule has 2 N–H and O–H groups in total. The third-order valence-electron chi connectivity index (χ3n) is 4.20. The van der Waals surface area contributed by atoms with Gasteiger partial charge >= 0.3 is 0 Å². The lowest BCUT2D eigenvalue weighted by Crippen LogP contribution is -2.48. The fourth-order valence-electron chi connectivity index (χ4n) is 2.84. The molecule has 1 saturated heterocycles. The molecule has 1 amide bonds. The Kier molecular flexibility index (Phi) is 6.21. The normalized spacial score (nSPS) is 19.7. The lowest BCUT2D eigenvalue weighted by molar-refractivity contribution is -0.123. The standard InChI is InChI=1S/C17H27N3O2/c1-20(2)16(13-7-6-8-14(11-13)22-3)12-19-17(21)15-9-4-5-10-18-15/h6-8,11,15-16,18H,4-5,9-10,12H2,1-3H3,(H,19,21). The number of nitrogens with zero attached hydrogens (tertiary/aromatic N) is 1. The number of methoxy groups -OCH3 is 1. The van der Waals surface area contributed by atoms with Crippen LogP contribution in [0.4, 0.5) is 0 Å². The molecule has 0 aliphatic carbocycles. The third kappa shape index (κ3) is 4.45. The van der Waals surface area contributed by atoms with Gasteiger partial charge in [-0.2, -0.15) is 0 Å². The van der Waals surface area contributed by atoms with Crippen LogP contribution >= 0.6 is 0 Å². The maximum Gasteiger partial charge on any atom is 0.237 e. The number of carbonyl (C=O) groups excluding carboxylic acids is 1. The maximum atomic E-state index is 12.3. The van der Waals surface area contributed by atoms with E-state index in [1.807, 2.05) is 32.3 Å². The summed E-state index contributed by atoms with van der Waals surface area (Å²) in [6.45, 7) is 1.53. The highest BCUT2D eigenvalue weighted by atomic mass is 16.5. The number of nitrogens with one attached hydrogen (secondary N) is 2. The molecule has 0 spiro atoms. The summed E-state index contributed by atoms with van der Waals surface area (Å²) >= 11 is 0. The van der Waals surface area contributed by atoms with E-state index >= 15 is 0 Å². The van der Waals surface area contributed by atoms with Crippen LogP contribution in [0.3, 0.4) is 0 Å². The Morgan fingerprint density at radius 3 is 2.91 bits per heavy atom. The van der Waals surface area contributed by atoms with Gasteiger partial charge in [-0.15, -0.1) is 0 Å². The van der Waals surface area contributed by atoms with Crippen molar-refractivity contribution >= 4 is 5.91 Å². The van der Waals surface area contributed by atoms with Crippen LogP contribution in [-0.2, 0) is 4.79 Å². The molecule has 5 nitrogen and oxygen atoms in total. The second kappa shape index (κ2) is 8.15. The Labute approximate surface area is 133 Å². The first-order valence-corrected chi connectivity index (χ1v) is 7.93. The lowest BCUT2D eigenvalue weighted by Gasteiger charge is -2.27. The molecule has 1 aliphatic heterocycles. The van der Waals surface area contributed by atoms with Gasteiger partial charge in [0.25, 0.3) is 0 Å². The van der Waals surface area contributed by atoms with Crippen LogP contribution in [-0.4, -0.2) is 51.1 Å². The first-order chi connectivity index (χ1) is 10.6. The Morgan fingerprint density at radius 2 is 2.27 bits per heavy atom. The van der Waals surface area contributed by atoms with Crippen molar-refractivity contribution in [1.29, 1.82) is 0 Å². The largest absolute Gasteiger partial charge is 0.497 e. The van der Waals surface area contributed by atoms with Crippen LogP contribution in [0.1, 0.15) is 30.9 Å². The summed E-state index contributed by atoms with van der Waals surface area (Å²) in [5.74, 6) is 0.944. The minimum Gasteiger partial charge on any atom is -0.497 e. The number of amides is 1. The van der Waals surface area contributed by atoms with Crippen molar-refractivity contribution in [2.75, 3.05) is 34.3 Å². The predicted octanol–water partition coefficient (Wildman–Crippen LogP) is 1.56. The van der Waals surface area contributed by atoms with Crippen molar-refractivity contribution in [1.82, 2.24) is 15.5 Å². The first-order valence-electron chi connectivity index (χ1n) is 7.93. The topological polar surface area (TPSA) is 53.6 Å². The zero-order valence-electron chi connectivity index (χ0n) is 13.8. The molecule has 1 fully saturated rings. The highest BCUT2D eigenvalue weighted by Crippen LogP contribution is 2.22. The zero-order valence-corrected chi connectivity index (χ0v) is 13.8. The molecule has 1 aromatic carbocycles. The van der Waals surface area contributed by atoms with Gasteiger partial charge in [0.2, 0.25) is 5.91 Å². The molecule has 5 heteroatoms. The highest BCUT2D eigenvalue weighted by Gasteiger charge is 2.22. The van der Waals surface area contributed by atoms with E-state index in [1.165, 1.54) is 0 Å². The number of benzene rings is 1. The van der Waals surface area contributed by atoms with Crippen molar-refractivity contribution in [3.8, 4) is 5.75 Å². The molecule has 0 aromatic heterocycles. The summed E-state index contributed by atoms with van der Waals surface area (Å²) in [4.78, 5) is 14.4. The van der Waals surface area contributed by atoms with Gasteiger partial charge in [0.05, 0.1) is 19.2 Å². The molecule has 0 saturated carbocycles. The van der Waals surface area contributed by atoms with E-state index in [0.29, 0.717) is 6.54 Å². The van der Waals surface area contributed by atoms with Gasteiger partial charge < -0.3 is 20.3 Å². The summed E-state index contributed by atoms with van der Waals surface area (Å²) in [6.07, 6.45) is 3.21. The maximum absolute atomic E-state index is 12.3. The van der Waals surface area contributed by atoms with Crippen LogP contribution in [0, 0.1) is 0 Å². The zero-order chi connectivity index (χ0) is 15.9. The molecule has 0 radical (unpaired) electrons. The van der Waals surface area contributed by atoms with Gasteiger partial charge in [0.15, 0.2) is 0 Å². The van der Waals surface area contributed by atoms with Crippen molar-refractivity contribution in [3.05, 3.63) is 29.8 Å². The number of ether oxygens (including phenoxy) is 1. The molecule has 2 rings (SSSR count). The number of rotatable bonds is 6. The molecule has 1 aromatic rings. The average molecular weight is 305 g/mol. The second-order valence-corrected chi connectivity index (χ2v) is 6.00. The fourth-order valence-corrected chi connectivity index (χ4v) is 2.84. The minimum atomic E-state index is -0.0399. The summed E-state index contributed by atoms with van der Waals surface area (Å²) in [7, 11) is 5.71. The minimum absolute atomic E-state index is 0.0399. The fraction of sp³-hybridized carbons (Fsp3) is 0.588. The molecule has 0 bridgehead atoms. The van der Waals surface area contributed by atoms with Gasteiger partial charge in [0, 0.05) is 6.54 Å². The number of likely N-dealkylation sites (N-methyl/N-ethyl adjacent to an activating group) is 1. The van der Waals surface area contributed by atoms with Crippen LogP contribution < -0.4 is 15.4 Å². The quantitative estimate of drug-likeness (QED) is 0.837. The summed E-state index contributed by atoms with van der Waals surface area (Å²) in [5, 5.41) is 6.37. The van der Waals surface area contributed by atoms with Crippen LogP contribution in [0.2, 0.25) is 0 Å². The molecule has 1 aliphatic rings. The molecule has 122 valence electrons. The second-order valence-electron chi connectivity index (χ2n) is 6.00.